The van der Waals surface area contributed by atoms with Gasteiger partial charge in [-0.15, -0.1) is 0 Å². The van der Waals surface area contributed by atoms with Gasteiger partial charge in [0.2, 0.25) is 15.9 Å². The summed E-state index contributed by atoms with van der Waals surface area (Å²) in [6.07, 6.45) is 3.52. The summed E-state index contributed by atoms with van der Waals surface area (Å²) in [6, 6.07) is 13.2. The van der Waals surface area contributed by atoms with E-state index in [1.54, 1.807) is 18.2 Å². The molecule has 9 heteroatoms. The summed E-state index contributed by atoms with van der Waals surface area (Å²) in [5.74, 6) is -0.320. The molecule has 0 unspecified atom stereocenters. The van der Waals surface area contributed by atoms with Gasteiger partial charge in [-0.25, -0.2) is 12.7 Å². The lowest BCUT2D eigenvalue weighted by molar-refractivity contribution is -0.126. The second-order valence-electron chi connectivity index (χ2n) is 8.76. The van der Waals surface area contributed by atoms with Gasteiger partial charge in [0.1, 0.15) is 0 Å². The summed E-state index contributed by atoms with van der Waals surface area (Å²) in [7, 11) is -3.49. The maximum atomic E-state index is 12.8. The van der Waals surface area contributed by atoms with Crippen LogP contribution in [-0.4, -0.2) is 44.8 Å². The lowest BCUT2D eigenvalue weighted by atomic mass is 9.97. The van der Waals surface area contributed by atoms with Gasteiger partial charge in [-0.2, -0.15) is 0 Å². The third-order valence-corrected chi connectivity index (χ3v) is 9.01. The predicted molar refractivity (Wildman–Crippen MR) is 133 cm³/mol. The van der Waals surface area contributed by atoms with Crippen molar-refractivity contribution in [3.05, 3.63) is 63.6 Å². The zero-order valence-electron chi connectivity index (χ0n) is 18.5. The van der Waals surface area contributed by atoms with Gasteiger partial charge in [-0.1, -0.05) is 41.4 Å². The number of halogens is 2. The second-order valence-corrected chi connectivity index (χ2v) is 11.5. The van der Waals surface area contributed by atoms with E-state index in [2.05, 4.69) is 34.5 Å². The van der Waals surface area contributed by atoms with Gasteiger partial charge < -0.3 is 10.2 Å². The van der Waals surface area contributed by atoms with Crippen molar-refractivity contribution in [1.82, 2.24) is 9.62 Å². The van der Waals surface area contributed by atoms with Crippen LogP contribution in [0.4, 0.5) is 5.69 Å². The Hall–Kier alpha value is -1.80. The number of sulfonamides is 1. The molecule has 0 aromatic heterocycles. The molecule has 2 aromatic carbocycles. The first-order valence-electron chi connectivity index (χ1n) is 11.4. The van der Waals surface area contributed by atoms with Crippen LogP contribution in [0.2, 0.25) is 10.0 Å². The van der Waals surface area contributed by atoms with Crippen LogP contribution in [0.3, 0.4) is 0 Å². The molecule has 0 saturated carbocycles. The van der Waals surface area contributed by atoms with Gasteiger partial charge in [0, 0.05) is 44.3 Å². The van der Waals surface area contributed by atoms with Crippen LogP contribution in [0.1, 0.15) is 36.8 Å². The maximum Gasteiger partial charge on any atom is 0.223 e. The van der Waals surface area contributed by atoms with Crippen molar-refractivity contribution in [1.29, 1.82) is 0 Å². The number of nitrogens with one attached hydrogen (secondary N) is 1. The average Bonchev–Trinajstić information content (AvgIpc) is 3.35. The highest BCUT2D eigenvalue weighted by atomic mass is 35.5. The fourth-order valence-corrected chi connectivity index (χ4v) is 6.33. The Bertz CT molecular complexity index is 1080. The minimum atomic E-state index is -3.49. The van der Waals surface area contributed by atoms with E-state index in [0.717, 1.165) is 18.7 Å². The molecular weight excluding hydrogens is 481 g/mol. The topological polar surface area (TPSA) is 69.7 Å². The first-order chi connectivity index (χ1) is 15.8. The summed E-state index contributed by atoms with van der Waals surface area (Å²) in [6.45, 7) is 3.38. The van der Waals surface area contributed by atoms with Crippen molar-refractivity contribution in [3.63, 3.8) is 0 Å². The number of nitrogens with zero attached hydrogens (tertiary/aromatic N) is 2. The number of carbonyl (C=O) groups is 1. The maximum absolute atomic E-state index is 12.8. The molecule has 1 amide bonds. The minimum Gasteiger partial charge on any atom is -0.372 e. The summed E-state index contributed by atoms with van der Waals surface area (Å²) in [4.78, 5) is 15.0. The molecule has 0 atom stereocenters. The van der Waals surface area contributed by atoms with Crippen LogP contribution >= 0.6 is 23.2 Å². The fraction of sp³-hybridized carbons (Fsp3) is 0.458. The third kappa shape index (κ3) is 6.21. The Labute approximate surface area is 205 Å². The molecule has 2 aromatic rings. The highest BCUT2D eigenvalue weighted by Gasteiger charge is 2.31. The number of hydrogen-bond donors (Lipinski definition) is 1. The van der Waals surface area contributed by atoms with Gasteiger partial charge in [-0.05, 0) is 61.1 Å². The number of anilines is 1. The first-order valence-corrected chi connectivity index (χ1v) is 13.7. The molecule has 0 bridgehead atoms. The van der Waals surface area contributed by atoms with Crippen LogP contribution in [0.5, 0.6) is 0 Å². The second kappa shape index (κ2) is 10.6. The zero-order chi connectivity index (χ0) is 23.4. The molecular formula is C24H29Cl2N3O3S. The van der Waals surface area contributed by atoms with Crippen molar-refractivity contribution in [2.24, 2.45) is 5.92 Å². The molecule has 2 aliphatic heterocycles. The molecule has 2 aliphatic rings. The van der Waals surface area contributed by atoms with E-state index in [9.17, 15) is 13.2 Å². The normalized spacial score (nSPS) is 17.9. The van der Waals surface area contributed by atoms with Gasteiger partial charge in [0.05, 0.1) is 15.8 Å². The lowest BCUT2D eigenvalue weighted by Crippen LogP contribution is -2.43. The van der Waals surface area contributed by atoms with Crippen LogP contribution in [0.15, 0.2) is 42.5 Å². The number of carbonyl (C=O) groups excluding carboxylic acids is 1. The van der Waals surface area contributed by atoms with Crippen molar-refractivity contribution >= 4 is 44.8 Å². The first kappa shape index (κ1) is 24.3. The standard InChI is InChI=1S/C24H29Cl2N3O3S/c25-22-8-5-19(15-23(22)26)17-33(31,32)29-13-9-20(10-14-29)24(30)27-16-18-3-6-21(7-4-18)28-11-1-2-12-28/h3-8,15,20H,1-2,9-14,16-17H2,(H,27,30). The molecule has 1 N–H and O–H groups in total. The van der Waals surface area contributed by atoms with Gasteiger partial charge in [0.15, 0.2) is 0 Å². The van der Waals surface area contributed by atoms with Crippen LogP contribution < -0.4 is 10.2 Å². The van der Waals surface area contributed by atoms with E-state index in [0.29, 0.717) is 48.1 Å². The highest BCUT2D eigenvalue weighted by Crippen LogP contribution is 2.26. The molecule has 2 saturated heterocycles. The Balaban J connectivity index is 1.24. The van der Waals surface area contributed by atoms with E-state index in [1.165, 1.54) is 22.8 Å². The Morgan fingerprint density at radius 3 is 2.18 bits per heavy atom. The molecule has 0 spiro atoms. The lowest BCUT2D eigenvalue weighted by Gasteiger charge is -2.30. The van der Waals surface area contributed by atoms with E-state index >= 15 is 0 Å². The van der Waals surface area contributed by atoms with Crippen molar-refractivity contribution in [2.75, 3.05) is 31.1 Å². The van der Waals surface area contributed by atoms with E-state index < -0.39 is 10.0 Å². The molecule has 2 heterocycles. The number of amides is 1. The Kier molecular flexibility index (Phi) is 7.84. The summed E-state index contributed by atoms with van der Waals surface area (Å²) < 4.78 is 27.1. The third-order valence-electron chi connectivity index (χ3n) is 6.43. The smallest absolute Gasteiger partial charge is 0.223 e. The molecule has 178 valence electrons. The average molecular weight is 510 g/mol. The van der Waals surface area contributed by atoms with Gasteiger partial charge in [0.25, 0.3) is 0 Å². The van der Waals surface area contributed by atoms with E-state index in [4.69, 9.17) is 23.2 Å². The molecule has 6 nitrogen and oxygen atoms in total. The monoisotopic (exact) mass is 509 g/mol. The molecule has 0 aliphatic carbocycles. The molecule has 33 heavy (non-hydrogen) atoms. The number of piperidine rings is 1. The van der Waals surface area contributed by atoms with Crippen molar-refractivity contribution < 1.29 is 13.2 Å². The van der Waals surface area contributed by atoms with Crippen molar-refractivity contribution in [3.8, 4) is 0 Å². The van der Waals surface area contributed by atoms with Crippen LogP contribution in [0, 0.1) is 5.92 Å². The number of benzene rings is 2. The fourth-order valence-electron chi connectivity index (χ4n) is 4.46. The van der Waals surface area contributed by atoms with E-state index in [1.807, 2.05) is 0 Å². The quantitative estimate of drug-likeness (QED) is 0.598. The highest BCUT2D eigenvalue weighted by molar-refractivity contribution is 7.88. The Morgan fingerprint density at radius 1 is 0.909 bits per heavy atom. The molecule has 2 fully saturated rings. The minimum absolute atomic E-state index is 0.0137. The summed E-state index contributed by atoms with van der Waals surface area (Å²) in [5, 5.41) is 3.75. The molecule has 0 radical (unpaired) electrons. The SMILES string of the molecule is O=C(NCc1ccc(N2CCCC2)cc1)C1CCN(S(=O)(=O)Cc2ccc(Cl)c(Cl)c2)CC1. The van der Waals surface area contributed by atoms with Gasteiger partial charge >= 0.3 is 0 Å². The Morgan fingerprint density at radius 2 is 1.55 bits per heavy atom. The van der Waals surface area contributed by atoms with Crippen LogP contribution in [-0.2, 0) is 27.1 Å². The van der Waals surface area contributed by atoms with Gasteiger partial charge in [-0.3, -0.25) is 4.79 Å². The molecule has 4 rings (SSSR count). The summed E-state index contributed by atoms with van der Waals surface area (Å²) in [5.41, 5.74) is 2.89. The zero-order valence-corrected chi connectivity index (χ0v) is 20.8. The number of hydrogen-bond acceptors (Lipinski definition) is 4. The van der Waals surface area contributed by atoms with E-state index in [-0.39, 0.29) is 17.6 Å². The predicted octanol–water partition coefficient (Wildman–Crippen LogP) is 4.45. The largest absolute Gasteiger partial charge is 0.372 e. The number of rotatable bonds is 7. The summed E-state index contributed by atoms with van der Waals surface area (Å²) >= 11 is 11.9. The van der Waals surface area contributed by atoms with Crippen molar-refractivity contribution in [2.45, 2.75) is 38.0 Å². The van der Waals surface area contributed by atoms with Crippen LogP contribution in [0.25, 0.3) is 0 Å².